The van der Waals surface area contributed by atoms with Crippen LogP contribution in [-0.4, -0.2) is 47.8 Å². The molecule has 96 valence electrons. The van der Waals surface area contributed by atoms with Crippen molar-refractivity contribution in [2.75, 3.05) is 33.4 Å². The third-order valence-electron chi connectivity index (χ3n) is 2.55. The Morgan fingerprint density at radius 1 is 1.38 bits per heavy atom. The Balaban J connectivity index is 2.09. The van der Waals surface area contributed by atoms with Crippen LogP contribution in [0, 0.1) is 0 Å². The van der Waals surface area contributed by atoms with Gasteiger partial charge in [-0.05, 0) is 25.8 Å². The van der Waals surface area contributed by atoms with Crippen molar-refractivity contribution in [2.24, 2.45) is 0 Å². The molecule has 0 aromatic carbocycles. The molecule has 0 saturated carbocycles. The van der Waals surface area contributed by atoms with E-state index in [-0.39, 0.29) is 0 Å². The molecule has 0 radical (unpaired) electrons. The summed E-state index contributed by atoms with van der Waals surface area (Å²) >= 11 is 0. The molecule has 1 aliphatic rings. The van der Waals surface area contributed by atoms with Gasteiger partial charge in [0.2, 0.25) is 0 Å². The summed E-state index contributed by atoms with van der Waals surface area (Å²) in [6.07, 6.45) is 3.16. The van der Waals surface area contributed by atoms with E-state index in [2.05, 4.69) is 14.8 Å². The van der Waals surface area contributed by atoms with Gasteiger partial charge < -0.3 is 10.1 Å². The zero-order valence-electron chi connectivity index (χ0n) is 9.66. The van der Waals surface area contributed by atoms with Gasteiger partial charge in [0, 0.05) is 26.2 Å². The Bertz CT molecular complexity index is 276. The van der Waals surface area contributed by atoms with Crippen molar-refractivity contribution in [2.45, 2.75) is 25.3 Å². The van der Waals surface area contributed by atoms with Crippen molar-refractivity contribution in [3.8, 4) is 0 Å². The number of hydrogen-bond donors (Lipinski definition) is 3. The van der Waals surface area contributed by atoms with Gasteiger partial charge in [0.25, 0.3) is 10.2 Å². The second-order valence-electron chi connectivity index (χ2n) is 3.87. The Kier molecular flexibility index (Phi) is 6.22. The molecular formula is C9H21N3O3S. The van der Waals surface area contributed by atoms with E-state index in [0.29, 0.717) is 25.7 Å². The van der Waals surface area contributed by atoms with Crippen LogP contribution in [-0.2, 0) is 14.9 Å². The highest BCUT2D eigenvalue weighted by atomic mass is 32.2. The average molecular weight is 251 g/mol. The summed E-state index contributed by atoms with van der Waals surface area (Å²) in [4.78, 5) is 0. The zero-order chi connectivity index (χ0) is 11.9. The molecule has 1 fully saturated rings. The fourth-order valence-electron chi connectivity index (χ4n) is 1.70. The standard InChI is InChI=1S/C9H21N3O3S/c1-15-8-7-12-16(13,14)11-6-4-9-3-2-5-10-9/h9-12H,2-8H2,1H3. The predicted octanol–water partition coefficient (Wildman–Crippen LogP) is -0.801. The minimum atomic E-state index is -3.35. The van der Waals surface area contributed by atoms with Crippen molar-refractivity contribution < 1.29 is 13.2 Å². The van der Waals surface area contributed by atoms with Crippen LogP contribution >= 0.6 is 0 Å². The number of hydrogen-bond acceptors (Lipinski definition) is 4. The summed E-state index contributed by atoms with van der Waals surface area (Å²) in [6, 6.07) is 0.460. The molecular weight excluding hydrogens is 230 g/mol. The van der Waals surface area contributed by atoms with Crippen LogP contribution < -0.4 is 14.8 Å². The summed E-state index contributed by atoms with van der Waals surface area (Å²) < 4.78 is 32.4. The third kappa shape index (κ3) is 5.76. The predicted molar refractivity (Wildman–Crippen MR) is 62.4 cm³/mol. The normalized spacial score (nSPS) is 21.4. The molecule has 0 bridgehead atoms. The van der Waals surface area contributed by atoms with E-state index in [1.807, 2.05) is 0 Å². The van der Waals surface area contributed by atoms with Crippen molar-refractivity contribution in [1.82, 2.24) is 14.8 Å². The van der Waals surface area contributed by atoms with Crippen LogP contribution in [0.3, 0.4) is 0 Å². The maximum Gasteiger partial charge on any atom is 0.276 e. The highest BCUT2D eigenvalue weighted by Gasteiger charge is 2.15. The van der Waals surface area contributed by atoms with Gasteiger partial charge >= 0.3 is 0 Å². The fraction of sp³-hybridized carbons (Fsp3) is 1.00. The first-order valence-electron chi connectivity index (χ1n) is 5.60. The molecule has 0 amide bonds. The van der Waals surface area contributed by atoms with E-state index in [1.54, 1.807) is 0 Å². The van der Waals surface area contributed by atoms with Crippen molar-refractivity contribution in [3.63, 3.8) is 0 Å². The van der Waals surface area contributed by atoms with Crippen molar-refractivity contribution >= 4 is 10.2 Å². The van der Waals surface area contributed by atoms with Crippen LogP contribution in [0.25, 0.3) is 0 Å². The smallest absolute Gasteiger partial charge is 0.276 e. The molecule has 1 heterocycles. The minimum absolute atomic E-state index is 0.299. The third-order valence-corrected chi connectivity index (χ3v) is 3.71. The number of nitrogens with one attached hydrogen (secondary N) is 3. The first kappa shape index (κ1) is 13.9. The highest BCUT2D eigenvalue weighted by Crippen LogP contribution is 2.07. The van der Waals surface area contributed by atoms with Gasteiger partial charge in [0.1, 0.15) is 0 Å². The van der Waals surface area contributed by atoms with Crippen molar-refractivity contribution in [3.05, 3.63) is 0 Å². The molecule has 1 atom stereocenters. The molecule has 16 heavy (non-hydrogen) atoms. The van der Waals surface area contributed by atoms with E-state index >= 15 is 0 Å². The highest BCUT2D eigenvalue weighted by molar-refractivity contribution is 7.87. The quantitative estimate of drug-likeness (QED) is 0.493. The fourth-order valence-corrected chi connectivity index (χ4v) is 2.54. The Morgan fingerprint density at radius 2 is 2.12 bits per heavy atom. The summed E-state index contributed by atoms with van der Waals surface area (Å²) in [5, 5.41) is 3.32. The van der Waals surface area contributed by atoms with Crippen LogP contribution in [0.2, 0.25) is 0 Å². The van der Waals surface area contributed by atoms with Crippen LogP contribution in [0.5, 0.6) is 0 Å². The van der Waals surface area contributed by atoms with E-state index in [4.69, 9.17) is 4.74 Å². The largest absolute Gasteiger partial charge is 0.383 e. The number of rotatable bonds is 8. The van der Waals surface area contributed by atoms with Crippen molar-refractivity contribution in [1.29, 1.82) is 0 Å². The number of ether oxygens (including phenoxy) is 1. The van der Waals surface area contributed by atoms with Crippen LogP contribution in [0.15, 0.2) is 0 Å². The molecule has 7 heteroatoms. The first-order valence-corrected chi connectivity index (χ1v) is 7.09. The second kappa shape index (κ2) is 7.18. The maximum absolute atomic E-state index is 11.4. The second-order valence-corrected chi connectivity index (χ2v) is 5.45. The molecule has 1 unspecified atom stereocenters. The summed E-state index contributed by atoms with van der Waals surface area (Å²) in [7, 11) is -1.82. The molecule has 1 aliphatic heterocycles. The SMILES string of the molecule is COCCNS(=O)(=O)NCCC1CCCN1. The Labute approximate surface area is 97.3 Å². The molecule has 0 aliphatic carbocycles. The van der Waals surface area contributed by atoms with Gasteiger partial charge in [0.15, 0.2) is 0 Å². The molecule has 0 aromatic heterocycles. The number of methoxy groups -OCH3 is 1. The summed E-state index contributed by atoms with van der Waals surface area (Å²) in [5.41, 5.74) is 0. The Morgan fingerprint density at radius 3 is 2.75 bits per heavy atom. The molecule has 3 N–H and O–H groups in total. The topological polar surface area (TPSA) is 79.5 Å². The Hall–Kier alpha value is -0.210. The van der Waals surface area contributed by atoms with Gasteiger partial charge in [-0.25, -0.2) is 4.72 Å². The lowest BCUT2D eigenvalue weighted by molar-refractivity contribution is 0.204. The molecule has 6 nitrogen and oxygen atoms in total. The van der Waals surface area contributed by atoms with E-state index in [9.17, 15) is 8.42 Å². The van der Waals surface area contributed by atoms with Gasteiger partial charge in [-0.3, -0.25) is 0 Å². The minimum Gasteiger partial charge on any atom is -0.383 e. The van der Waals surface area contributed by atoms with Crippen LogP contribution in [0.1, 0.15) is 19.3 Å². The maximum atomic E-state index is 11.4. The molecule has 1 saturated heterocycles. The lowest BCUT2D eigenvalue weighted by atomic mass is 10.2. The van der Waals surface area contributed by atoms with Gasteiger partial charge in [-0.15, -0.1) is 0 Å². The molecule has 1 rings (SSSR count). The lowest BCUT2D eigenvalue weighted by Gasteiger charge is -2.11. The van der Waals surface area contributed by atoms with E-state index in [1.165, 1.54) is 13.5 Å². The summed E-state index contributed by atoms with van der Waals surface area (Å²) in [5.74, 6) is 0. The van der Waals surface area contributed by atoms with Crippen LogP contribution in [0.4, 0.5) is 0 Å². The molecule has 0 aromatic rings. The van der Waals surface area contributed by atoms with Gasteiger partial charge in [-0.1, -0.05) is 0 Å². The zero-order valence-corrected chi connectivity index (χ0v) is 10.5. The average Bonchev–Trinajstić information content (AvgIpc) is 2.70. The monoisotopic (exact) mass is 251 g/mol. The van der Waals surface area contributed by atoms with Gasteiger partial charge in [0.05, 0.1) is 6.61 Å². The summed E-state index contributed by atoms with van der Waals surface area (Å²) in [6.45, 7) is 2.20. The molecule has 0 spiro atoms. The lowest BCUT2D eigenvalue weighted by Crippen LogP contribution is -2.40. The van der Waals surface area contributed by atoms with Gasteiger partial charge in [-0.2, -0.15) is 13.1 Å². The van der Waals surface area contributed by atoms with E-state index in [0.717, 1.165) is 19.4 Å². The van der Waals surface area contributed by atoms with E-state index < -0.39 is 10.2 Å². The first-order chi connectivity index (χ1) is 7.64.